The minimum atomic E-state index is 0.400. The molecule has 2 aromatic rings. The summed E-state index contributed by atoms with van der Waals surface area (Å²) in [5.74, 6) is 1.21. The molecule has 15 heavy (non-hydrogen) atoms. The molecule has 0 amide bonds. The fraction of sp³-hybridized carbons (Fsp3) is 0.444. The molecular weight excluding hydrogens is 232 g/mol. The Labute approximate surface area is 96.9 Å². The van der Waals surface area contributed by atoms with Gasteiger partial charge in [-0.25, -0.2) is 4.98 Å². The van der Waals surface area contributed by atoms with E-state index in [4.69, 9.17) is 11.6 Å². The van der Waals surface area contributed by atoms with Crippen LogP contribution in [0.5, 0.6) is 0 Å². The Morgan fingerprint density at radius 2 is 2.40 bits per heavy atom. The molecule has 6 heteroatoms. The Kier molecular flexibility index (Phi) is 3.33. The summed E-state index contributed by atoms with van der Waals surface area (Å²) in [5, 5.41) is 10.9. The molecule has 80 valence electrons. The SMILES string of the molecule is Cc1csc(CCn2cnnc2CCl)n1. The lowest BCUT2D eigenvalue weighted by Gasteiger charge is -2.01. The average molecular weight is 243 g/mol. The maximum Gasteiger partial charge on any atom is 0.147 e. The number of alkyl halides is 1. The number of thiazole rings is 1. The third-order valence-corrected chi connectivity index (χ3v) is 3.31. The van der Waals surface area contributed by atoms with E-state index in [2.05, 4.69) is 20.6 Å². The van der Waals surface area contributed by atoms with Crippen LogP contribution in [0.15, 0.2) is 11.7 Å². The summed E-state index contributed by atoms with van der Waals surface area (Å²) in [7, 11) is 0. The minimum absolute atomic E-state index is 0.400. The molecule has 0 N–H and O–H groups in total. The van der Waals surface area contributed by atoms with Crippen LogP contribution >= 0.6 is 22.9 Å². The van der Waals surface area contributed by atoms with Gasteiger partial charge in [0.2, 0.25) is 0 Å². The minimum Gasteiger partial charge on any atom is -0.316 e. The molecule has 0 saturated carbocycles. The standard InChI is InChI=1S/C9H11ClN4S/c1-7-5-15-9(12-7)2-3-14-6-11-13-8(14)4-10/h5-6H,2-4H2,1H3. The van der Waals surface area contributed by atoms with Crippen LogP contribution in [0, 0.1) is 6.92 Å². The second-order valence-corrected chi connectivity index (χ2v) is 4.42. The highest BCUT2D eigenvalue weighted by molar-refractivity contribution is 7.09. The Hall–Kier alpha value is -0.940. The smallest absolute Gasteiger partial charge is 0.147 e. The van der Waals surface area contributed by atoms with Crippen molar-refractivity contribution < 1.29 is 0 Å². The summed E-state index contributed by atoms with van der Waals surface area (Å²) in [6, 6.07) is 0. The van der Waals surface area contributed by atoms with Crippen molar-refractivity contribution in [3.8, 4) is 0 Å². The first-order valence-corrected chi connectivity index (χ1v) is 6.04. The summed E-state index contributed by atoms with van der Waals surface area (Å²) in [6.45, 7) is 2.84. The second-order valence-electron chi connectivity index (χ2n) is 3.21. The zero-order chi connectivity index (χ0) is 10.7. The molecule has 2 rings (SSSR count). The number of rotatable bonds is 4. The first-order chi connectivity index (χ1) is 7.29. The van der Waals surface area contributed by atoms with Crippen LogP contribution < -0.4 is 0 Å². The summed E-state index contributed by atoms with van der Waals surface area (Å²) in [4.78, 5) is 4.40. The van der Waals surface area contributed by atoms with Crippen molar-refractivity contribution in [2.45, 2.75) is 25.8 Å². The Morgan fingerprint density at radius 1 is 1.53 bits per heavy atom. The van der Waals surface area contributed by atoms with Gasteiger partial charge >= 0.3 is 0 Å². The Balaban J connectivity index is 1.98. The molecule has 0 radical (unpaired) electrons. The number of aromatic nitrogens is 4. The van der Waals surface area contributed by atoms with Gasteiger partial charge in [0.15, 0.2) is 0 Å². The second kappa shape index (κ2) is 4.72. The summed E-state index contributed by atoms with van der Waals surface area (Å²) in [6.07, 6.45) is 2.61. The zero-order valence-electron chi connectivity index (χ0n) is 8.35. The molecule has 0 aliphatic heterocycles. The first-order valence-electron chi connectivity index (χ1n) is 4.63. The van der Waals surface area contributed by atoms with Gasteiger partial charge < -0.3 is 4.57 Å². The zero-order valence-corrected chi connectivity index (χ0v) is 9.92. The lowest BCUT2D eigenvalue weighted by atomic mass is 10.4. The maximum absolute atomic E-state index is 5.72. The number of hydrogen-bond acceptors (Lipinski definition) is 4. The molecular formula is C9H11ClN4S. The maximum atomic E-state index is 5.72. The molecule has 0 spiro atoms. The highest BCUT2D eigenvalue weighted by Gasteiger charge is 2.04. The molecule has 4 nitrogen and oxygen atoms in total. The van der Waals surface area contributed by atoms with Crippen molar-refractivity contribution in [2.75, 3.05) is 0 Å². The Morgan fingerprint density at radius 3 is 3.07 bits per heavy atom. The van der Waals surface area contributed by atoms with Crippen LogP contribution in [-0.2, 0) is 18.8 Å². The average Bonchev–Trinajstić information content (AvgIpc) is 2.83. The summed E-state index contributed by atoms with van der Waals surface area (Å²) in [5.41, 5.74) is 1.08. The van der Waals surface area contributed by atoms with Crippen LogP contribution in [0.4, 0.5) is 0 Å². The van der Waals surface area contributed by atoms with Crippen molar-refractivity contribution in [3.05, 3.63) is 28.2 Å². The van der Waals surface area contributed by atoms with Gasteiger partial charge in [-0.2, -0.15) is 0 Å². The van der Waals surface area contributed by atoms with E-state index in [0.29, 0.717) is 5.88 Å². The van der Waals surface area contributed by atoms with Crippen LogP contribution in [0.3, 0.4) is 0 Å². The van der Waals surface area contributed by atoms with Gasteiger partial charge in [0, 0.05) is 24.0 Å². The van der Waals surface area contributed by atoms with E-state index in [1.54, 1.807) is 17.7 Å². The molecule has 0 bridgehead atoms. The lowest BCUT2D eigenvalue weighted by molar-refractivity contribution is 0.665. The van der Waals surface area contributed by atoms with E-state index in [0.717, 1.165) is 29.5 Å². The van der Waals surface area contributed by atoms with Crippen molar-refractivity contribution in [3.63, 3.8) is 0 Å². The van der Waals surface area contributed by atoms with Crippen molar-refractivity contribution in [1.82, 2.24) is 19.7 Å². The van der Waals surface area contributed by atoms with Gasteiger partial charge in [0.25, 0.3) is 0 Å². The molecule has 0 aromatic carbocycles. The highest BCUT2D eigenvalue weighted by atomic mass is 35.5. The monoisotopic (exact) mass is 242 g/mol. The van der Waals surface area contributed by atoms with Gasteiger partial charge in [-0.3, -0.25) is 0 Å². The number of hydrogen-bond donors (Lipinski definition) is 0. The number of aryl methyl sites for hydroxylation is 3. The van der Waals surface area contributed by atoms with Crippen LogP contribution in [-0.4, -0.2) is 19.7 Å². The summed E-state index contributed by atoms with van der Waals surface area (Å²) < 4.78 is 1.96. The Bertz CT molecular complexity index is 437. The van der Waals surface area contributed by atoms with Crippen molar-refractivity contribution in [1.29, 1.82) is 0 Å². The van der Waals surface area contributed by atoms with E-state index in [-0.39, 0.29) is 0 Å². The van der Waals surface area contributed by atoms with Crippen LogP contribution in [0.25, 0.3) is 0 Å². The third kappa shape index (κ3) is 2.54. The molecule has 0 aliphatic rings. The van der Waals surface area contributed by atoms with Gasteiger partial charge in [0.1, 0.15) is 12.2 Å². The van der Waals surface area contributed by atoms with E-state index in [1.165, 1.54) is 0 Å². The van der Waals surface area contributed by atoms with Gasteiger partial charge in [0.05, 0.1) is 10.9 Å². The normalized spacial score (nSPS) is 10.8. The molecule has 0 fully saturated rings. The van der Waals surface area contributed by atoms with Crippen molar-refractivity contribution in [2.24, 2.45) is 0 Å². The molecule has 0 saturated heterocycles. The first kappa shape index (κ1) is 10.6. The molecule has 2 heterocycles. The largest absolute Gasteiger partial charge is 0.316 e. The fourth-order valence-electron chi connectivity index (χ4n) is 1.30. The predicted octanol–water partition coefficient (Wildman–Crippen LogP) is 2.02. The van der Waals surface area contributed by atoms with E-state index < -0.39 is 0 Å². The lowest BCUT2D eigenvalue weighted by Crippen LogP contribution is -2.03. The van der Waals surface area contributed by atoms with Gasteiger partial charge in [-0.05, 0) is 6.92 Å². The number of halogens is 1. The van der Waals surface area contributed by atoms with Crippen LogP contribution in [0.2, 0.25) is 0 Å². The van der Waals surface area contributed by atoms with Crippen LogP contribution in [0.1, 0.15) is 16.5 Å². The highest BCUT2D eigenvalue weighted by Crippen LogP contribution is 2.10. The van der Waals surface area contributed by atoms with Gasteiger partial charge in [-0.1, -0.05) is 0 Å². The van der Waals surface area contributed by atoms with E-state index in [1.807, 2.05) is 11.5 Å². The van der Waals surface area contributed by atoms with Gasteiger partial charge in [-0.15, -0.1) is 33.1 Å². The van der Waals surface area contributed by atoms with Crippen molar-refractivity contribution >= 4 is 22.9 Å². The topological polar surface area (TPSA) is 43.6 Å². The number of nitrogens with zero attached hydrogens (tertiary/aromatic N) is 4. The quantitative estimate of drug-likeness (QED) is 0.771. The predicted molar refractivity (Wildman–Crippen MR) is 60.1 cm³/mol. The molecule has 0 unspecified atom stereocenters. The third-order valence-electron chi connectivity index (χ3n) is 2.05. The van der Waals surface area contributed by atoms with E-state index >= 15 is 0 Å². The van der Waals surface area contributed by atoms with E-state index in [9.17, 15) is 0 Å². The summed E-state index contributed by atoms with van der Waals surface area (Å²) >= 11 is 7.41. The molecule has 2 aromatic heterocycles. The fourth-order valence-corrected chi connectivity index (χ4v) is 2.27. The molecule has 0 aliphatic carbocycles. The molecule has 0 atom stereocenters.